The molecule has 0 amide bonds. The fourth-order valence-corrected chi connectivity index (χ4v) is 3.54. The molecule has 3 heterocycles. The molecule has 0 atom stereocenters. The molecule has 8 nitrogen and oxygen atoms in total. The normalized spacial score (nSPS) is 10.8. The van der Waals surface area contributed by atoms with Crippen LogP contribution >= 0.6 is 11.8 Å². The summed E-state index contributed by atoms with van der Waals surface area (Å²) in [5.74, 6) is 1.21. The lowest BCUT2D eigenvalue weighted by Crippen LogP contribution is -2.15. The standard InChI is InChI=1S/C18H14N6O2S/c1-26-15-4-2-3-14(8-15)23-6-5-20-18(23)27-11-13-7-16(25)24-17(22-13)12(9-19)10-21-24/h2-8,10,21H,11H2,1H3. The topological polar surface area (TPSA) is 101 Å². The fourth-order valence-electron chi connectivity index (χ4n) is 2.68. The summed E-state index contributed by atoms with van der Waals surface area (Å²) in [6.45, 7) is 0. The highest BCUT2D eigenvalue weighted by Gasteiger charge is 2.11. The number of hydrogen-bond acceptors (Lipinski definition) is 6. The van der Waals surface area contributed by atoms with Gasteiger partial charge in [0.2, 0.25) is 0 Å². The van der Waals surface area contributed by atoms with Crippen molar-refractivity contribution in [1.29, 1.82) is 5.26 Å². The number of nitriles is 1. The number of thioether (sulfide) groups is 1. The van der Waals surface area contributed by atoms with Crippen LogP contribution in [0.1, 0.15) is 11.3 Å². The number of imidazole rings is 1. The third-order valence-electron chi connectivity index (χ3n) is 3.96. The molecule has 0 saturated carbocycles. The third kappa shape index (κ3) is 3.18. The number of aromatic amines is 1. The molecule has 1 aromatic carbocycles. The van der Waals surface area contributed by atoms with Crippen LogP contribution in [0.25, 0.3) is 11.3 Å². The number of ether oxygens (including phenoxy) is 1. The lowest BCUT2D eigenvalue weighted by atomic mass is 10.3. The summed E-state index contributed by atoms with van der Waals surface area (Å²) in [5, 5.41) is 12.6. The van der Waals surface area contributed by atoms with E-state index in [9.17, 15) is 4.79 Å². The van der Waals surface area contributed by atoms with Crippen LogP contribution in [0.15, 0.2) is 58.9 Å². The van der Waals surface area contributed by atoms with E-state index in [1.807, 2.05) is 41.1 Å². The Hall–Kier alpha value is -3.51. The maximum atomic E-state index is 12.2. The van der Waals surface area contributed by atoms with Crippen LogP contribution < -0.4 is 10.3 Å². The number of fused-ring (bicyclic) bond motifs is 1. The van der Waals surface area contributed by atoms with Crippen molar-refractivity contribution in [3.8, 4) is 17.5 Å². The van der Waals surface area contributed by atoms with Gasteiger partial charge in [0.05, 0.1) is 18.5 Å². The fraction of sp³-hybridized carbons (Fsp3) is 0.111. The van der Waals surface area contributed by atoms with Gasteiger partial charge >= 0.3 is 0 Å². The van der Waals surface area contributed by atoms with Crippen LogP contribution in [-0.4, -0.2) is 31.3 Å². The Labute approximate surface area is 158 Å². The zero-order valence-electron chi connectivity index (χ0n) is 14.3. The number of hydrogen-bond donors (Lipinski definition) is 1. The largest absolute Gasteiger partial charge is 0.497 e. The van der Waals surface area contributed by atoms with Gasteiger partial charge in [-0.1, -0.05) is 17.8 Å². The molecule has 27 heavy (non-hydrogen) atoms. The number of rotatable bonds is 5. The molecule has 0 unspecified atom stereocenters. The Morgan fingerprint density at radius 2 is 2.26 bits per heavy atom. The van der Waals surface area contributed by atoms with E-state index in [0.717, 1.165) is 16.6 Å². The van der Waals surface area contributed by atoms with Gasteiger partial charge in [0.25, 0.3) is 5.56 Å². The smallest absolute Gasteiger partial charge is 0.272 e. The molecule has 0 aliphatic heterocycles. The molecule has 134 valence electrons. The molecule has 0 bridgehead atoms. The van der Waals surface area contributed by atoms with E-state index < -0.39 is 0 Å². The summed E-state index contributed by atoms with van der Waals surface area (Å²) in [6.07, 6.45) is 5.05. The predicted octanol–water partition coefficient (Wildman–Crippen LogP) is 2.38. The van der Waals surface area contributed by atoms with Gasteiger partial charge in [-0.3, -0.25) is 14.5 Å². The van der Waals surface area contributed by atoms with Gasteiger partial charge in [0, 0.05) is 36.5 Å². The highest BCUT2D eigenvalue weighted by atomic mass is 32.2. The van der Waals surface area contributed by atoms with Crippen LogP contribution in [-0.2, 0) is 5.75 Å². The molecule has 4 aromatic rings. The highest BCUT2D eigenvalue weighted by Crippen LogP contribution is 2.25. The molecule has 3 aromatic heterocycles. The Balaban J connectivity index is 1.62. The maximum absolute atomic E-state index is 12.2. The molecule has 0 spiro atoms. The lowest BCUT2D eigenvalue weighted by Gasteiger charge is -2.09. The van der Waals surface area contributed by atoms with Gasteiger partial charge in [0.15, 0.2) is 10.8 Å². The number of H-pyrrole nitrogens is 1. The summed E-state index contributed by atoms with van der Waals surface area (Å²) in [7, 11) is 1.62. The number of aromatic nitrogens is 5. The van der Waals surface area contributed by atoms with Gasteiger partial charge in [-0.25, -0.2) is 14.5 Å². The van der Waals surface area contributed by atoms with E-state index in [4.69, 9.17) is 10.00 Å². The number of nitrogens with zero attached hydrogens (tertiary/aromatic N) is 5. The molecule has 0 aliphatic rings. The molecule has 9 heteroatoms. The second-order valence-corrected chi connectivity index (χ2v) is 6.56. The second kappa shape index (κ2) is 7.01. The van der Waals surface area contributed by atoms with Gasteiger partial charge in [0.1, 0.15) is 17.4 Å². The minimum absolute atomic E-state index is 0.256. The van der Waals surface area contributed by atoms with Crippen LogP contribution in [0.5, 0.6) is 5.75 Å². The minimum Gasteiger partial charge on any atom is -0.497 e. The second-order valence-electron chi connectivity index (χ2n) is 5.61. The molecule has 0 aliphatic carbocycles. The van der Waals surface area contributed by atoms with E-state index in [1.54, 1.807) is 13.3 Å². The zero-order chi connectivity index (χ0) is 18.8. The van der Waals surface area contributed by atoms with E-state index in [0.29, 0.717) is 22.7 Å². The molecule has 0 saturated heterocycles. The monoisotopic (exact) mass is 378 g/mol. The predicted molar refractivity (Wildman–Crippen MR) is 100 cm³/mol. The summed E-state index contributed by atoms with van der Waals surface area (Å²) in [5.41, 5.74) is 1.92. The molecule has 1 N–H and O–H groups in total. The number of methoxy groups -OCH3 is 1. The number of benzene rings is 1. The van der Waals surface area contributed by atoms with Crippen LogP contribution in [0, 0.1) is 11.3 Å². The van der Waals surface area contributed by atoms with E-state index in [1.165, 1.54) is 28.5 Å². The molecule has 0 fully saturated rings. The Morgan fingerprint density at radius 3 is 3.07 bits per heavy atom. The Kier molecular flexibility index (Phi) is 4.40. The molecular formula is C18H14N6O2S. The summed E-state index contributed by atoms with van der Waals surface area (Å²) in [4.78, 5) is 21.0. The summed E-state index contributed by atoms with van der Waals surface area (Å²) < 4.78 is 8.47. The SMILES string of the molecule is COc1cccc(-n2ccnc2SCc2cc(=O)n3[nH]cc(C#N)c3n2)c1. The minimum atomic E-state index is -0.256. The average Bonchev–Trinajstić information content (AvgIpc) is 3.33. The van der Waals surface area contributed by atoms with Crippen LogP contribution in [0.4, 0.5) is 0 Å². The van der Waals surface area contributed by atoms with Crippen molar-refractivity contribution in [1.82, 2.24) is 24.1 Å². The maximum Gasteiger partial charge on any atom is 0.272 e. The Bertz CT molecular complexity index is 1220. The van der Waals surface area contributed by atoms with E-state index in [-0.39, 0.29) is 5.56 Å². The quantitative estimate of drug-likeness (QED) is 0.535. The molecular weight excluding hydrogens is 364 g/mol. The van der Waals surface area contributed by atoms with Crippen molar-refractivity contribution in [2.45, 2.75) is 10.9 Å². The van der Waals surface area contributed by atoms with E-state index >= 15 is 0 Å². The van der Waals surface area contributed by atoms with Crippen molar-refractivity contribution in [3.63, 3.8) is 0 Å². The third-order valence-corrected chi connectivity index (χ3v) is 4.96. The summed E-state index contributed by atoms with van der Waals surface area (Å²) in [6, 6.07) is 11.2. The van der Waals surface area contributed by atoms with Gasteiger partial charge in [-0.05, 0) is 12.1 Å². The average molecular weight is 378 g/mol. The highest BCUT2D eigenvalue weighted by molar-refractivity contribution is 7.98. The first-order valence-electron chi connectivity index (χ1n) is 8.00. The van der Waals surface area contributed by atoms with Gasteiger partial charge in [-0.2, -0.15) is 5.26 Å². The van der Waals surface area contributed by atoms with Crippen molar-refractivity contribution in [2.24, 2.45) is 0 Å². The van der Waals surface area contributed by atoms with Crippen molar-refractivity contribution in [3.05, 3.63) is 70.5 Å². The van der Waals surface area contributed by atoms with Crippen molar-refractivity contribution < 1.29 is 4.74 Å². The Morgan fingerprint density at radius 1 is 1.37 bits per heavy atom. The van der Waals surface area contributed by atoms with Gasteiger partial charge < -0.3 is 4.74 Å². The van der Waals surface area contributed by atoms with Crippen LogP contribution in [0.3, 0.4) is 0 Å². The summed E-state index contributed by atoms with van der Waals surface area (Å²) >= 11 is 1.46. The van der Waals surface area contributed by atoms with Gasteiger partial charge in [-0.15, -0.1) is 0 Å². The number of nitrogens with one attached hydrogen (secondary N) is 1. The first-order valence-corrected chi connectivity index (χ1v) is 8.99. The van der Waals surface area contributed by atoms with E-state index in [2.05, 4.69) is 15.1 Å². The molecule has 4 rings (SSSR count). The molecule has 0 radical (unpaired) electrons. The first-order chi connectivity index (χ1) is 13.2. The first kappa shape index (κ1) is 16.9. The van der Waals surface area contributed by atoms with Crippen molar-refractivity contribution >= 4 is 17.4 Å². The zero-order valence-corrected chi connectivity index (χ0v) is 15.1. The lowest BCUT2D eigenvalue weighted by molar-refractivity contribution is 0.414. The van der Waals surface area contributed by atoms with Crippen LogP contribution in [0.2, 0.25) is 0 Å². The van der Waals surface area contributed by atoms with Crippen molar-refractivity contribution in [2.75, 3.05) is 7.11 Å².